The minimum Gasteiger partial charge on any atom is -0.465 e. The topological polar surface area (TPSA) is 116 Å². The lowest BCUT2D eigenvalue weighted by molar-refractivity contribution is -0.137. The zero-order chi connectivity index (χ0) is 16.2. The van der Waals surface area contributed by atoms with Crippen molar-refractivity contribution < 1.29 is 22.7 Å². The molecule has 1 aromatic carbocycles. The Balaban J connectivity index is 3.16. The van der Waals surface area contributed by atoms with Gasteiger partial charge in [-0.2, -0.15) is 0 Å². The van der Waals surface area contributed by atoms with Crippen LogP contribution in [0.25, 0.3) is 0 Å². The number of nitrogens with one attached hydrogen (secondary N) is 1. The Hall–Kier alpha value is -2.06. The van der Waals surface area contributed by atoms with Gasteiger partial charge in [-0.05, 0) is 19.1 Å². The van der Waals surface area contributed by atoms with Crippen LogP contribution in [0, 0.1) is 0 Å². The molecule has 3 N–H and O–H groups in total. The molecule has 7 nitrogen and oxygen atoms in total. The lowest BCUT2D eigenvalue weighted by atomic mass is 10.2. The van der Waals surface area contributed by atoms with E-state index in [-0.39, 0.29) is 15.6 Å². The molecular formula is C12H13ClN2O5S. The molecule has 114 valence electrons. The molecule has 0 bridgehead atoms. The summed E-state index contributed by atoms with van der Waals surface area (Å²) in [5, 5.41) is -0.0640. The monoisotopic (exact) mass is 332 g/mol. The number of amides is 1. The van der Waals surface area contributed by atoms with Crippen molar-refractivity contribution in [3.63, 3.8) is 0 Å². The molecule has 0 saturated heterocycles. The largest absolute Gasteiger partial charge is 0.465 e. The fraction of sp³-hybridized carbons (Fsp3) is 0.167. The first-order chi connectivity index (χ1) is 9.70. The molecule has 1 rings (SSSR count). The van der Waals surface area contributed by atoms with Gasteiger partial charge in [0.05, 0.1) is 12.1 Å². The summed E-state index contributed by atoms with van der Waals surface area (Å²) in [6, 6.07) is 5.55. The Morgan fingerprint density at radius 1 is 1.29 bits per heavy atom. The van der Waals surface area contributed by atoms with Gasteiger partial charge in [0.25, 0.3) is 15.9 Å². The molecule has 0 unspecified atom stereocenters. The molecule has 1 aromatic rings. The number of rotatable bonds is 4. The van der Waals surface area contributed by atoms with Crippen LogP contribution in [0.4, 0.5) is 0 Å². The highest BCUT2D eigenvalue weighted by molar-refractivity contribution is 7.90. The third-order valence-corrected chi connectivity index (χ3v) is 4.19. The number of esters is 1. The van der Waals surface area contributed by atoms with E-state index in [0.29, 0.717) is 0 Å². The van der Waals surface area contributed by atoms with Crippen molar-refractivity contribution in [1.82, 2.24) is 4.72 Å². The number of methoxy groups -OCH3 is 1. The average molecular weight is 333 g/mol. The first-order valence-electron chi connectivity index (χ1n) is 5.57. The molecule has 9 heteroatoms. The fourth-order valence-corrected chi connectivity index (χ4v) is 2.90. The molecular weight excluding hydrogens is 320 g/mol. The molecule has 0 aliphatic heterocycles. The molecule has 0 heterocycles. The van der Waals surface area contributed by atoms with E-state index in [9.17, 15) is 18.0 Å². The van der Waals surface area contributed by atoms with Crippen LogP contribution in [-0.2, 0) is 24.3 Å². The Labute approximate surface area is 126 Å². The maximum absolute atomic E-state index is 12.1. The van der Waals surface area contributed by atoms with Crippen molar-refractivity contribution in [1.29, 1.82) is 0 Å². The number of sulfonamides is 1. The molecule has 0 fully saturated rings. The molecule has 0 aromatic heterocycles. The molecule has 0 spiro atoms. The maximum Gasteiger partial charge on any atom is 0.345 e. The van der Waals surface area contributed by atoms with Crippen molar-refractivity contribution >= 4 is 33.5 Å². The van der Waals surface area contributed by atoms with Gasteiger partial charge < -0.3 is 10.5 Å². The van der Waals surface area contributed by atoms with Gasteiger partial charge in [-0.25, -0.2) is 17.9 Å². The van der Waals surface area contributed by atoms with Crippen LogP contribution in [-0.4, -0.2) is 27.4 Å². The van der Waals surface area contributed by atoms with E-state index in [1.165, 1.54) is 31.2 Å². The molecule has 0 aliphatic carbocycles. The Kier molecular flexibility index (Phi) is 5.34. The van der Waals surface area contributed by atoms with Crippen LogP contribution in [0.15, 0.2) is 40.4 Å². The van der Waals surface area contributed by atoms with Crippen LogP contribution in [0.1, 0.15) is 6.92 Å². The standard InChI is InChI=1S/C12H13ClN2O5S/c1-7(14)10(12(17)20-2)11(16)15-21(18,19)9-6-4-3-5-8(9)13/h3-6H,14H2,1-2H3,(H,15,16)/b10-7+. The SMILES string of the molecule is COC(=O)/C(C(=O)NS(=O)(=O)c1ccccc1Cl)=C(\C)N. The van der Waals surface area contributed by atoms with Crippen molar-refractivity contribution in [3.05, 3.63) is 40.6 Å². The van der Waals surface area contributed by atoms with Crippen molar-refractivity contribution in [3.8, 4) is 0 Å². The normalized spacial score (nSPS) is 12.3. The summed E-state index contributed by atoms with van der Waals surface area (Å²) in [6.45, 7) is 1.27. The van der Waals surface area contributed by atoms with E-state index in [0.717, 1.165) is 7.11 Å². The van der Waals surface area contributed by atoms with E-state index in [1.807, 2.05) is 0 Å². The molecule has 21 heavy (non-hydrogen) atoms. The van der Waals surface area contributed by atoms with Gasteiger partial charge in [0, 0.05) is 5.70 Å². The van der Waals surface area contributed by atoms with Crippen LogP contribution < -0.4 is 10.5 Å². The number of hydrogen-bond acceptors (Lipinski definition) is 6. The first-order valence-corrected chi connectivity index (χ1v) is 7.43. The van der Waals surface area contributed by atoms with Crippen LogP contribution >= 0.6 is 11.6 Å². The smallest absolute Gasteiger partial charge is 0.345 e. The third-order valence-electron chi connectivity index (χ3n) is 2.36. The minimum absolute atomic E-state index is 0.0640. The number of carbonyl (C=O) groups excluding carboxylic acids is 2. The zero-order valence-corrected chi connectivity index (χ0v) is 12.8. The Bertz CT molecular complexity index is 708. The number of carbonyl (C=O) groups is 2. The summed E-state index contributed by atoms with van der Waals surface area (Å²) in [4.78, 5) is 23.1. The summed E-state index contributed by atoms with van der Waals surface area (Å²) in [7, 11) is -3.20. The first kappa shape index (κ1) is 17.0. The summed E-state index contributed by atoms with van der Waals surface area (Å²) in [5.74, 6) is -2.23. The van der Waals surface area contributed by atoms with Crippen molar-refractivity contribution in [2.75, 3.05) is 7.11 Å². The predicted molar refractivity (Wildman–Crippen MR) is 75.7 cm³/mol. The second-order valence-corrected chi connectivity index (χ2v) is 5.97. The van der Waals surface area contributed by atoms with E-state index < -0.39 is 27.5 Å². The highest BCUT2D eigenvalue weighted by Crippen LogP contribution is 2.20. The second kappa shape index (κ2) is 6.59. The van der Waals surface area contributed by atoms with Gasteiger partial charge in [-0.3, -0.25) is 4.79 Å². The molecule has 0 aliphatic rings. The zero-order valence-electron chi connectivity index (χ0n) is 11.2. The highest BCUT2D eigenvalue weighted by Gasteiger charge is 2.27. The van der Waals surface area contributed by atoms with Crippen molar-refractivity contribution in [2.45, 2.75) is 11.8 Å². The van der Waals surface area contributed by atoms with E-state index >= 15 is 0 Å². The Morgan fingerprint density at radius 3 is 2.33 bits per heavy atom. The fourth-order valence-electron chi connectivity index (χ4n) is 1.43. The van der Waals surface area contributed by atoms with E-state index in [1.54, 1.807) is 4.72 Å². The molecule has 0 atom stereocenters. The van der Waals surface area contributed by atoms with Gasteiger partial charge in [0.2, 0.25) is 0 Å². The number of allylic oxidation sites excluding steroid dienone is 1. The third kappa shape index (κ3) is 3.96. The van der Waals surface area contributed by atoms with Gasteiger partial charge in [0.15, 0.2) is 0 Å². The highest BCUT2D eigenvalue weighted by atomic mass is 35.5. The summed E-state index contributed by atoms with van der Waals surface area (Å²) >= 11 is 5.77. The average Bonchev–Trinajstić information content (AvgIpc) is 2.37. The summed E-state index contributed by atoms with van der Waals surface area (Å²) in [5.41, 5.74) is 4.64. The predicted octanol–water partition coefficient (Wildman–Crippen LogP) is 0.551. The molecule has 0 radical (unpaired) electrons. The van der Waals surface area contributed by atoms with Crippen molar-refractivity contribution in [2.24, 2.45) is 5.73 Å². The number of benzene rings is 1. The van der Waals surface area contributed by atoms with Crippen LogP contribution in [0.5, 0.6) is 0 Å². The summed E-state index contributed by atoms with van der Waals surface area (Å²) in [6.07, 6.45) is 0. The lowest BCUT2D eigenvalue weighted by Gasteiger charge is -2.10. The number of halogens is 1. The van der Waals surface area contributed by atoms with Gasteiger partial charge in [-0.15, -0.1) is 0 Å². The van der Waals surface area contributed by atoms with E-state index in [2.05, 4.69) is 4.74 Å². The van der Waals surface area contributed by atoms with Crippen LogP contribution in [0.3, 0.4) is 0 Å². The van der Waals surface area contributed by atoms with Crippen LogP contribution in [0.2, 0.25) is 5.02 Å². The quantitative estimate of drug-likeness (QED) is 0.360. The lowest BCUT2D eigenvalue weighted by Crippen LogP contribution is -2.35. The minimum atomic E-state index is -4.24. The van der Waals surface area contributed by atoms with Gasteiger partial charge >= 0.3 is 5.97 Å². The maximum atomic E-state index is 12.1. The summed E-state index contributed by atoms with van der Waals surface area (Å²) < 4.78 is 30.2. The molecule has 0 saturated carbocycles. The van der Waals surface area contributed by atoms with Gasteiger partial charge in [-0.1, -0.05) is 23.7 Å². The molecule has 1 amide bonds. The second-order valence-electron chi connectivity index (χ2n) is 3.91. The Morgan fingerprint density at radius 2 is 1.86 bits per heavy atom. The number of hydrogen-bond donors (Lipinski definition) is 2. The van der Waals surface area contributed by atoms with Gasteiger partial charge in [0.1, 0.15) is 10.5 Å². The van der Waals surface area contributed by atoms with E-state index in [4.69, 9.17) is 17.3 Å². The number of ether oxygens (including phenoxy) is 1. The number of nitrogens with two attached hydrogens (primary N) is 1.